The first-order valence-corrected chi connectivity index (χ1v) is 4.36. The predicted octanol–water partition coefficient (Wildman–Crippen LogP) is 2.06. The Labute approximate surface area is 73.8 Å². The summed E-state index contributed by atoms with van der Waals surface area (Å²) >= 11 is 5.96. The maximum Gasteiger partial charge on any atom is 0.0476 e. The maximum absolute atomic E-state index is 5.96. The van der Waals surface area contributed by atoms with Gasteiger partial charge in [0.25, 0.3) is 0 Å². The number of ether oxygens (including phenoxy) is 2. The van der Waals surface area contributed by atoms with Crippen LogP contribution in [0.4, 0.5) is 0 Å². The molecule has 1 atom stereocenters. The molecule has 0 aromatic carbocycles. The number of alkyl halides is 1. The maximum atomic E-state index is 5.96. The van der Waals surface area contributed by atoms with E-state index in [2.05, 4.69) is 0 Å². The Morgan fingerprint density at radius 2 is 1.73 bits per heavy atom. The average Bonchev–Trinajstić information content (AvgIpc) is 2.01. The monoisotopic (exact) mass is 180 g/mol. The summed E-state index contributed by atoms with van der Waals surface area (Å²) in [5, 5.41) is 0.241. The van der Waals surface area contributed by atoms with Crippen LogP contribution in [0.3, 0.4) is 0 Å². The lowest BCUT2D eigenvalue weighted by Crippen LogP contribution is -2.04. The van der Waals surface area contributed by atoms with Crippen molar-refractivity contribution in [2.75, 3.05) is 27.4 Å². The zero-order valence-electron chi connectivity index (χ0n) is 7.31. The van der Waals surface area contributed by atoms with E-state index in [0.717, 1.165) is 32.5 Å². The van der Waals surface area contributed by atoms with Crippen molar-refractivity contribution < 1.29 is 9.47 Å². The molecule has 0 heterocycles. The van der Waals surface area contributed by atoms with Gasteiger partial charge in [-0.05, 0) is 19.3 Å². The Bertz CT molecular complexity index is 78.5. The molecular formula is C8H17ClO2. The van der Waals surface area contributed by atoms with Crippen LogP contribution < -0.4 is 0 Å². The highest BCUT2D eigenvalue weighted by Gasteiger charge is 2.02. The number of methoxy groups -OCH3 is 2. The molecule has 68 valence electrons. The van der Waals surface area contributed by atoms with Gasteiger partial charge in [-0.1, -0.05) is 0 Å². The van der Waals surface area contributed by atoms with Gasteiger partial charge in [0.05, 0.1) is 0 Å². The molecule has 0 radical (unpaired) electrons. The summed E-state index contributed by atoms with van der Waals surface area (Å²) < 4.78 is 9.81. The fourth-order valence-electron chi connectivity index (χ4n) is 0.839. The molecule has 0 aromatic rings. The van der Waals surface area contributed by atoms with E-state index < -0.39 is 0 Å². The summed E-state index contributed by atoms with van der Waals surface area (Å²) in [5.74, 6) is 0. The molecule has 0 fully saturated rings. The summed E-state index contributed by atoms with van der Waals surface area (Å²) in [4.78, 5) is 0. The van der Waals surface area contributed by atoms with E-state index >= 15 is 0 Å². The molecule has 0 aliphatic heterocycles. The topological polar surface area (TPSA) is 18.5 Å². The molecule has 11 heavy (non-hydrogen) atoms. The molecule has 0 aromatic heterocycles. The molecule has 2 nitrogen and oxygen atoms in total. The molecule has 0 saturated heterocycles. The van der Waals surface area contributed by atoms with Gasteiger partial charge < -0.3 is 9.47 Å². The molecule has 0 bridgehead atoms. The van der Waals surface area contributed by atoms with Gasteiger partial charge in [-0.3, -0.25) is 0 Å². The first kappa shape index (κ1) is 11.2. The van der Waals surface area contributed by atoms with Gasteiger partial charge in [0.2, 0.25) is 0 Å². The van der Waals surface area contributed by atoms with Crippen LogP contribution >= 0.6 is 11.6 Å². The van der Waals surface area contributed by atoms with Crippen LogP contribution in [0, 0.1) is 0 Å². The van der Waals surface area contributed by atoms with Crippen molar-refractivity contribution in [1.29, 1.82) is 0 Å². The predicted molar refractivity (Wildman–Crippen MR) is 47.2 cm³/mol. The van der Waals surface area contributed by atoms with Crippen molar-refractivity contribution in [3.63, 3.8) is 0 Å². The molecule has 0 N–H and O–H groups in total. The van der Waals surface area contributed by atoms with E-state index in [9.17, 15) is 0 Å². The molecule has 3 heteroatoms. The van der Waals surface area contributed by atoms with Gasteiger partial charge in [-0.15, -0.1) is 11.6 Å². The second kappa shape index (κ2) is 8.31. The Morgan fingerprint density at radius 3 is 2.27 bits per heavy atom. The van der Waals surface area contributed by atoms with Crippen molar-refractivity contribution >= 4 is 11.6 Å². The second-order valence-electron chi connectivity index (χ2n) is 2.51. The van der Waals surface area contributed by atoms with Crippen molar-refractivity contribution in [3.05, 3.63) is 0 Å². The Hall–Kier alpha value is 0.210. The lowest BCUT2D eigenvalue weighted by Gasteiger charge is -2.07. The van der Waals surface area contributed by atoms with E-state index in [1.54, 1.807) is 14.2 Å². The number of hydrogen-bond acceptors (Lipinski definition) is 2. The highest BCUT2D eigenvalue weighted by Crippen LogP contribution is 2.09. The summed E-state index contributed by atoms with van der Waals surface area (Å²) in [6.45, 7) is 1.55. The van der Waals surface area contributed by atoms with Gasteiger partial charge in [0.15, 0.2) is 0 Å². The fraction of sp³-hybridized carbons (Fsp3) is 1.00. The number of rotatable bonds is 7. The van der Waals surface area contributed by atoms with Gasteiger partial charge in [0.1, 0.15) is 0 Å². The summed E-state index contributed by atoms with van der Waals surface area (Å²) in [5.41, 5.74) is 0. The van der Waals surface area contributed by atoms with Gasteiger partial charge in [0, 0.05) is 32.8 Å². The Balaban J connectivity index is 3.02. The van der Waals surface area contributed by atoms with Crippen LogP contribution in [0.2, 0.25) is 0 Å². The number of hydrogen-bond donors (Lipinski definition) is 0. The van der Waals surface area contributed by atoms with Crippen molar-refractivity contribution in [2.45, 2.75) is 24.6 Å². The van der Waals surface area contributed by atoms with Gasteiger partial charge in [-0.25, -0.2) is 0 Å². The molecule has 1 unspecified atom stereocenters. The summed E-state index contributed by atoms with van der Waals surface area (Å²) in [6.07, 6.45) is 2.98. The van der Waals surface area contributed by atoms with Crippen LogP contribution in [0.15, 0.2) is 0 Å². The third kappa shape index (κ3) is 8.11. The standard InChI is InChI=1S/C8H17ClO2/c1-10-6-3-4-8(9)5-7-11-2/h8H,3-7H2,1-2H3. The van der Waals surface area contributed by atoms with Gasteiger partial charge in [-0.2, -0.15) is 0 Å². The van der Waals surface area contributed by atoms with E-state index in [0.29, 0.717) is 0 Å². The van der Waals surface area contributed by atoms with Gasteiger partial charge >= 0.3 is 0 Å². The largest absolute Gasteiger partial charge is 0.385 e. The molecule has 0 rings (SSSR count). The highest BCUT2D eigenvalue weighted by molar-refractivity contribution is 6.20. The molecule has 0 saturated carbocycles. The lowest BCUT2D eigenvalue weighted by atomic mass is 10.2. The van der Waals surface area contributed by atoms with Crippen LogP contribution in [-0.4, -0.2) is 32.8 Å². The summed E-state index contributed by atoms with van der Waals surface area (Å²) in [7, 11) is 3.40. The second-order valence-corrected chi connectivity index (χ2v) is 3.13. The fourth-order valence-corrected chi connectivity index (χ4v) is 1.08. The Morgan fingerprint density at radius 1 is 1.09 bits per heavy atom. The van der Waals surface area contributed by atoms with E-state index in [4.69, 9.17) is 21.1 Å². The van der Waals surface area contributed by atoms with Crippen molar-refractivity contribution in [2.24, 2.45) is 0 Å². The quantitative estimate of drug-likeness (QED) is 0.441. The zero-order valence-corrected chi connectivity index (χ0v) is 8.06. The van der Waals surface area contributed by atoms with Crippen molar-refractivity contribution in [3.8, 4) is 0 Å². The Kier molecular flexibility index (Phi) is 8.47. The SMILES string of the molecule is COCCCC(Cl)CCOC. The minimum Gasteiger partial charge on any atom is -0.385 e. The van der Waals surface area contributed by atoms with Crippen LogP contribution in [0.5, 0.6) is 0 Å². The first-order chi connectivity index (χ1) is 5.31. The minimum absolute atomic E-state index is 0.241. The smallest absolute Gasteiger partial charge is 0.0476 e. The molecule has 0 spiro atoms. The van der Waals surface area contributed by atoms with Crippen molar-refractivity contribution in [1.82, 2.24) is 0 Å². The summed E-state index contributed by atoms with van der Waals surface area (Å²) in [6, 6.07) is 0. The van der Waals surface area contributed by atoms with Crippen LogP contribution in [0.25, 0.3) is 0 Å². The highest BCUT2D eigenvalue weighted by atomic mass is 35.5. The third-order valence-electron chi connectivity index (χ3n) is 1.50. The normalized spacial score (nSPS) is 13.4. The zero-order chi connectivity index (χ0) is 8.53. The van der Waals surface area contributed by atoms with E-state index in [1.807, 2.05) is 0 Å². The van der Waals surface area contributed by atoms with Crippen LogP contribution in [-0.2, 0) is 9.47 Å². The molecular weight excluding hydrogens is 164 g/mol. The molecule has 0 aliphatic rings. The average molecular weight is 181 g/mol. The first-order valence-electron chi connectivity index (χ1n) is 3.93. The van der Waals surface area contributed by atoms with E-state index in [-0.39, 0.29) is 5.38 Å². The lowest BCUT2D eigenvalue weighted by molar-refractivity contribution is 0.181. The van der Waals surface area contributed by atoms with Crippen LogP contribution in [0.1, 0.15) is 19.3 Å². The molecule has 0 aliphatic carbocycles. The number of halogens is 1. The molecule has 0 amide bonds. The minimum atomic E-state index is 0.241. The van der Waals surface area contributed by atoms with E-state index in [1.165, 1.54) is 0 Å². The third-order valence-corrected chi connectivity index (χ3v) is 1.94.